The van der Waals surface area contributed by atoms with Crippen molar-refractivity contribution in [3.63, 3.8) is 0 Å². The predicted molar refractivity (Wildman–Crippen MR) is 179 cm³/mol. The van der Waals surface area contributed by atoms with E-state index in [-0.39, 0.29) is 36.9 Å². The van der Waals surface area contributed by atoms with Gasteiger partial charge in [0, 0.05) is 15.7 Å². The first kappa shape index (κ1) is 35.4. The summed E-state index contributed by atoms with van der Waals surface area (Å²) in [6.07, 6.45) is 1.44. The summed E-state index contributed by atoms with van der Waals surface area (Å²) in [6.45, 7) is 3.34. The van der Waals surface area contributed by atoms with Gasteiger partial charge in [0.15, 0.2) is 29.6 Å². The molecular weight excluding hydrogens is 719 g/mol. The predicted octanol–water partition coefficient (Wildman–Crippen LogP) is 6.07. The van der Waals surface area contributed by atoms with Gasteiger partial charge in [-0.1, -0.05) is 35.3 Å². The number of hydrogen-bond acceptors (Lipinski definition) is 9. The number of urea groups is 1. The SMILES string of the molecule is CCOC(=O)C1=C(C)NC(=O)N[C@@H]1c1ccc(OCC(=O)N/N=C\c2cc(OC)c(OCc3ccc(Cl)c(Cl)c3)cc2Br)c(OC)c1. The minimum absolute atomic E-state index is 0.174. The summed E-state index contributed by atoms with van der Waals surface area (Å²) in [7, 11) is 2.94. The monoisotopic (exact) mass is 748 g/mol. The van der Waals surface area contributed by atoms with E-state index in [4.69, 9.17) is 46.9 Å². The van der Waals surface area contributed by atoms with Gasteiger partial charge in [0.25, 0.3) is 5.91 Å². The van der Waals surface area contributed by atoms with E-state index in [1.165, 1.54) is 20.4 Å². The highest BCUT2D eigenvalue weighted by atomic mass is 79.9. The molecule has 0 bridgehead atoms. The molecule has 3 amide bonds. The fourth-order valence-electron chi connectivity index (χ4n) is 4.47. The zero-order valence-corrected chi connectivity index (χ0v) is 28.8. The molecule has 3 N–H and O–H groups in total. The molecule has 0 fully saturated rings. The van der Waals surface area contributed by atoms with E-state index < -0.39 is 23.9 Å². The Hall–Kier alpha value is -4.46. The average Bonchev–Trinajstić information content (AvgIpc) is 3.04. The van der Waals surface area contributed by atoms with Crippen LogP contribution in [0.25, 0.3) is 0 Å². The summed E-state index contributed by atoms with van der Waals surface area (Å²) < 4.78 is 28.3. The number of carbonyl (C=O) groups is 3. The fourth-order valence-corrected chi connectivity index (χ4v) is 5.21. The van der Waals surface area contributed by atoms with E-state index in [0.717, 1.165) is 5.56 Å². The fraction of sp³-hybridized carbons (Fsp3) is 0.250. The second kappa shape index (κ2) is 16.4. The molecule has 0 aromatic heterocycles. The summed E-state index contributed by atoms with van der Waals surface area (Å²) in [6, 6.07) is 12.2. The Bertz CT molecular complexity index is 1730. The molecule has 0 unspecified atom stereocenters. The Kier molecular flexibility index (Phi) is 12.3. The van der Waals surface area contributed by atoms with Crippen molar-refractivity contribution in [3.8, 4) is 23.0 Å². The number of hydrazone groups is 1. The molecular formula is C32H31BrCl2N4O8. The molecule has 1 heterocycles. The number of halogens is 3. The largest absolute Gasteiger partial charge is 0.493 e. The van der Waals surface area contributed by atoms with Crippen molar-refractivity contribution in [2.75, 3.05) is 27.4 Å². The van der Waals surface area contributed by atoms with Crippen LogP contribution in [0, 0.1) is 0 Å². The van der Waals surface area contributed by atoms with E-state index in [2.05, 4.69) is 37.1 Å². The molecule has 3 aromatic carbocycles. The van der Waals surface area contributed by atoms with Gasteiger partial charge in [0.05, 0.1) is 48.7 Å². The van der Waals surface area contributed by atoms with Crippen LogP contribution in [0.3, 0.4) is 0 Å². The van der Waals surface area contributed by atoms with Crippen molar-refractivity contribution in [2.45, 2.75) is 26.5 Å². The van der Waals surface area contributed by atoms with Gasteiger partial charge in [0.2, 0.25) is 0 Å². The summed E-state index contributed by atoms with van der Waals surface area (Å²) in [4.78, 5) is 37.3. The van der Waals surface area contributed by atoms with Crippen molar-refractivity contribution in [1.82, 2.24) is 16.1 Å². The first-order valence-corrected chi connectivity index (χ1v) is 15.6. The highest BCUT2D eigenvalue weighted by Crippen LogP contribution is 2.35. The zero-order chi connectivity index (χ0) is 34.1. The highest BCUT2D eigenvalue weighted by molar-refractivity contribution is 9.10. The van der Waals surface area contributed by atoms with Crippen LogP contribution in [0.5, 0.6) is 23.0 Å². The third-order valence-corrected chi connectivity index (χ3v) is 8.12. The number of ether oxygens (including phenoxy) is 5. The maximum absolute atomic E-state index is 12.6. The highest BCUT2D eigenvalue weighted by Gasteiger charge is 2.32. The Morgan fingerprint density at radius 3 is 2.43 bits per heavy atom. The molecule has 248 valence electrons. The number of allylic oxidation sites excluding steroid dienone is 1. The Morgan fingerprint density at radius 1 is 0.979 bits per heavy atom. The Balaban J connectivity index is 1.38. The molecule has 1 aliphatic heterocycles. The van der Waals surface area contributed by atoms with Crippen LogP contribution in [0.15, 0.2) is 69.4 Å². The van der Waals surface area contributed by atoms with Gasteiger partial charge >= 0.3 is 12.0 Å². The molecule has 0 saturated carbocycles. The maximum Gasteiger partial charge on any atom is 0.338 e. The normalized spacial score (nSPS) is 14.3. The number of benzene rings is 3. The third kappa shape index (κ3) is 9.09. The second-order valence-electron chi connectivity index (χ2n) is 9.84. The molecule has 0 radical (unpaired) electrons. The van der Waals surface area contributed by atoms with E-state index in [9.17, 15) is 14.4 Å². The number of methoxy groups -OCH3 is 2. The summed E-state index contributed by atoms with van der Waals surface area (Å²) >= 11 is 15.6. The molecule has 1 aliphatic rings. The van der Waals surface area contributed by atoms with Crippen LogP contribution in [0.1, 0.15) is 36.6 Å². The van der Waals surface area contributed by atoms with Gasteiger partial charge in [-0.3, -0.25) is 4.79 Å². The lowest BCUT2D eigenvalue weighted by atomic mass is 9.95. The second-order valence-corrected chi connectivity index (χ2v) is 11.5. The van der Waals surface area contributed by atoms with Crippen LogP contribution >= 0.6 is 39.1 Å². The first-order valence-electron chi connectivity index (χ1n) is 14.1. The van der Waals surface area contributed by atoms with Gasteiger partial charge in [0.1, 0.15) is 6.61 Å². The molecule has 0 saturated heterocycles. The summed E-state index contributed by atoms with van der Waals surface area (Å²) in [5.74, 6) is 0.372. The molecule has 1 atom stereocenters. The van der Waals surface area contributed by atoms with E-state index >= 15 is 0 Å². The molecule has 47 heavy (non-hydrogen) atoms. The third-order valence-electron chi connectivity index (χ3n) is 6.70. The van der Waals surface area contributed by atoms with Gasteiger partial charge in [-0.25, -0.2) is 15.0 Å². The first-order chi connectivity index (χ1) is 22.5. The zero-order valence-electron chi connectivity index (χ0n) is 25.7. The number of rotatable bonds is 13. The van der Waals surface area contributed by atoms with Crippen molar-refractivity contribution in [2.24, 2.45) is 5.10 Å². The lowest BCUT2D eigenvalue weighted by Gasteiger charge is -2.28. The smallest absolute Gasteiger partial charge is 0.338 e. The summed E-state index contributed by atoms with van der Waals surface area (Å²) in [5, 5.41) is 10.2. The topological polar surface area (TPSA) is 146 Å². The lowest BCUT2D eigenvalue weighted by molar-refractivity contribution is -0.139. The van der Waals surface area contributed by atoms with Gasteiger partial charge < -0.3 is 34.3 Å². The van der Waals surface area contributed by atoms with Gasteiger partial charge in [-0.05, 0) is 77.3 Å². The molecule has 4 rings (SSSR count). The van der Waals surface area contributed by atoms with E-state index in [1.807, 2.05) is 6.07 Å². The summed E-state index contributed by atoms with van der Waals surface area (Å²) in [5.41, 5.74) is 5.04. The Morgan fingerprint density at radius 2 is 1.72 bits per heavy atom. The number of esters is 1. The number of amides is 3. The molecule has 3 aromatic rings. The molecule has 0 spiro atoms. The molecule has 0 aliphatic carbocycles. The number of nitrogens with zero attached hydrogens (tertiary/aromatic N) is 1. The van der Waals surface area contributed by atoms with Crippen molar-refractivity contribution >= 4 is 63.3 Å². The standard InChI is InChI=1S/C32H31BrCl2N4O8/c1-5-45-31(41)29-17(2)37-32(42)38-30(29)19-7-9-24(25(11-19)43-3)47-16-28(40)39-36-14-20-12-26(44-4)27(13-21(20)33)46-15-18-6-8-22(34)23(35)10-18/h6-14,30H,5,15-16H2,1-4H3,(H,39,40)(H2,37,38,42)/b36-14-/t30-/m1/s1. The van der Waals surface area contributed by atoms with Crippen LogP contribution in [0.2, 0.25) is 10.0 Å². The molecule has 15 heteroatoms. The van der Waals surface area contributed by atoms with Crippen LogP contribution in [-0.2, 0) is 20.9 Å². The maximum atomic E-state index is 12.6. The molecule has 12 nitrogen and oxygen atoms in total. The lowest BCUT2D eigenvalue weighted by Crippen LogP contribution is -2.45. The minimum Gasteiger partial charge on any atom is -0.493 e. The Labute approximate surface area is 289 Å². The van der Waals surface area contributed by atoms with Crippen molar-refractivity contribution in [3.05, 3.63) is 91.0 Å². The van der Waals surface area contributed by atoms with Crippen molar-refractivity contribution in [1.29, 1.82) is 0 Å². The average molecular weight is 750 g/mol. The van der Waals surface area contributed by atoms with Crippen LogP contribution in [-0.4, -0.2) is 51.6 Å². The van der Waals surface area contributed by atoms with Crippen LogP contribution in [0.4, 0.5) is 4.79 Å². The number of carbonyl (C=O) groups excluding carboxylic acids is 3. The quantitative estimate of drug-likeness (QED) is 0.109. The number of nitrogens with one attached hydrogen (secondary N) is 3. The van der Waals surface area contributed by atoms with E-state index in [0.29, 0.717) is 42.8 Å². The van der Waals surface area contributed by atoms with Gasteiger partial charge in [-0.15, -0.1) is 0 Å². The minimum atomic E-state index is -0.787. The number of hydrogen-bond donors (Lipinski definition) is 3. The van der Waals surface area contributed by atoms with Crippen molar-refractivity contribution < 1.29 is 38.1 Å². The van der Waals surface area contributed by atoms with Gasteiger partial charge in [-0.2, -0.15) is 5.10 Å². The van der Waals surface area contributed by atoms with E-state index in [1.54, 1.807) is 56.3 Å². The van der Waals surface area contributed by atoms with Crippen LogP contribution < -0.4 is 35.0 Å².